The topological polar surface area (TPSA) is 122 Å². The lowest BCUT2D eigenvalue weighted by Crippen LogP contribution is -2.46. The maximum atomic E-state index is 13.3. The van der Waals surface area contributed by atoms with Gasteiger partial charge in [0, 0.05) is 25.8 Å². The molecule has 4 rings (SSSR count). The van der Waals surface area contributed by atoms with Crippen molar-refractivity contribution in [3.8, 4) is 17.2 Å². The van der Waals surface area contributed by atoms with Gasteiger partial charge in [-0.15, -0.1) is 0 Å². The first-order chi connectivity index (χ1) is 20.9. The summed E-state index contributed by atoms with van der Waals surface area (Å²) in [4.78, 5) is 42.4. The van der Waals surface area contributed by atoms with Crippen LogP contribution in [0.15, 0.2) is 72.9 Å². The standard InChI is InChI=1S/C33H38N2O8/c1-22-30(40-21-11-14-24-12-6-4-7-13-24)28(43-25-15-8-5-9-16-25)18-10-17-26(33(38)41-22)35-32(37)29-31(42-23(2)36)27(39-3)19-20-34-29/h4-9,12-13,15-16,19-20,22,26,28,30H,10-11,14,17-18,21H2,1-3H3,(H,35,37)/t22-,26-,28-,30-/m0/s1. The van der Waals surface area contributed by atoms with Crippen LogP contribution in [0.5, 0.6) is 17.2 Å². The fourth-order valence-corrected chi connectivity index (χ4v) is 4.98. The molecule has 1 aliphatic rings. The first-order valence-electron chi connectivity index (χ1n) is 14.5. The zero-order chi connectivity index (χ0) is 30.6. The Hall–Kier alpha value is -4.44. The summed E-state index contributed by atoms with van der Waals surface area (Å²) in [5, 5.41) is 2.71. The van der Waals surface area contributed by atoms with E-state index in [0.29, 0.717) is 31.6 Å². The molecule has 10 nitrogen and oxygen atoms in total. The second-order valence-electron chi connectivity index (χ2n) is 10.3. The molecule has 0 aliphatic carbocycles. The SMILES string of the molecule is COc1ccnc(C(=O)N[C@H]2CCC[C@H](Oc3ccccc3)[C@@H](OCCCc3ccccc3)[C@H](C)OC2=O)c1OC(C)=O. The van der Waals surface area contributed by atoms with Crippen molar-refractivity contribution in [3.05, 3.63) is 84.2 Å². The van der Waals surface area contributed by atoms with Gasteiger partial charge >= 0.3 is 11.9 Å². The van der Waals surface area contributed by atoms with E-state index in [4.69, 9.17) is 23.7 Å². The molecule has 0 spiro atoms. The molecule has 1 fully saturated rings. The van der Waals surface area contributed by atoms with Crippen molar-refractivity contribution >= 4 is 17.8 Å². The van der Waals surface area contributed by atoms with Gasteiger partial charge in [-0.25, -0.2) is 9.78 Å². The predicted octanol–water partition coefficient (Wildman–Crippen LogP) is 4.70. The number of cyclic esters (lactones) is 1. The largest absolute Gasteiger partial charge is 0.493 e. The lowest BCUT2D eigenvalue weighted by Gasteiger charge is -2.31. The summed E-state index contributed by atoms with van der Waals surface area (Å²) in [7, 11) is 1.38. The maximum Gasteiger partial charge on any atom is 0.329 e. The Morgan fingerprint density at radius 2 is 1.74 bits per heavy atom. The van der Waals surface area contributed by atoms with Crippen LogP contribution >= 0.6 is 0 Å². The zero-order valence-corrected chi connectivity index (χ0v) is 24.7. The van der Waals surface area contributed by atoms with Gasteiger partial charge in [0.25, 0.3) is 5.91 Å². The molecule has 1 N–H and O–H groups in total. The van der Waals surface area contributed by atoms with Gasteiger partial charge in [-0.2, -0.15) is 0 Å². The summed E-state index contributed by atoms with van der Waals surface area (Å²) < 4.78 is 29.0. The van der Waals surface area contributed by atoms with Crippen molar-refractivity contribution in [1.29, 1.82) is 0 Å². The van der Waals surface area contributed by atoms with E-state index in [-0.39, 0.29) is 17.2 Å². The molecule has 1 amide bonds. The predicted molar refractivity (Wildman–Crippen MR) is 158 cm³/mol. The maximum absolute atomic E-state index is 13.3. The molecule has 228 valence electrons. The highest BCUT2D eigenvalue weighted by Gasteiger charge is 2.36. The van der Waals surface area contributed by atoms with Gasteiger partial charge in [-0.1, -0.05) is 48.5 Å². The molecule has 0 unspecified atom stereocenters. The minimum Gasteiger partial charge on any atom is -0.493 e. The molecule has 10 heteroatoms. The highest BCUT2D eigenvalue weighted by atomic mass is 16.6. The van der Waals surface area contributed by atoms with Crippen molar-refractivity contribution < 1.29 is 38.1 Å². The van der Waals surface area contributed by atoms with Gasteiger partial charge in [0.05, 0.1) is 7.11 Å². The van der Waals surface area contributed by atoms with E-state index in [0.717, 1.165) is 12.8 Å². The zero-order valence-electron chi connectivity index (χ0n) is 24.7. The molecule has 43 heavy (non-hydrogen) atoms. The fourth-order valence-electron chi connectivity index (χ4n) is 4.98. The first kappa shape index (κ1) is 31.5. The number of ether oxygens (including phenoxy) is 5. The number of rotatable bonds is 11. The minimum absolute atomic E-state index is 0.125. The lowest BCUT2D eigenvalue weighted by molar-refractivity contribution is -0.163. The summed E-state index contributed by atoms with van der Waals surface area (Å²) >= 11 is 0. The number of aryl methyl sites for hydroxylation is 1. The third kappa shape index (κ3) is 9.02. The molecule has 2 heterocycles. The summed E-state index contributed by atoms with van der Waals surface area (Å²) in [6.07, 6.45) is 2.79. The molecular formula is C33H38N2O8. The smallest absolute Gasteiger partial charge is 0.329 e. The Bertz CT molecular complexity index is 1350. The van der Waals surface area contributed by atoms with E-state index in [9.17, 15) is 14.4 Å². The van der Waals surface area contributed by atoms with Gasteiger partial charge in [-0.3, -0.25) is 9.59 Å². The van der Waals surface area contributed by atoms with E-state index in [2.05, 4.69) is 22.4 Å². The third-order valence-electron chi connectivity index (χ3n) is 7.05. The number of amides is 1. The normalized spacial score (nSPS) is 20.5. The molecule has 1 aromatic heterocycles. The number of esters is 2. The Labute approximate surface area is 251 Å². The van der Waals surface area contributed by atoms with Crippen LogP contribution < -0.4 is 19.5 Å². The number of nitrogens with zero attached hydrogens (tertiary/aromatic N) is 1. The molecule has 0 saturated carbocycles. The van der Waals surface area contributed by atoms with Crippen molar-refractivity contribution in [2.45, 2.75) is 70.3 Å². The average Bonchev–Trinajstić information content (AvgIpc) is 3.05. The number of benzene rings is 2. The summed E-state index contributed by atoms with van der Waals surface area (Å²) in [5.74, 6) is -1.22. The third-order valence-corrected chi connectivity index (χ3v) is 7.05. The number of carbonyl (C=O) groups excluding carboxylic acids is 3. The number of aromatic nitrogens is 1. The molecule has 0 radical (unpaired) electrons. The van der Waals surface area contributed by atoms with Gasteiger partial charge in [0.1, 0.15) is 30.1 Å². The number of pyridine rings is 1. The molecule has 0 bridgehead atoms. The van der Waals surface area contributed by atoms with E-state index < -0.39 is 42.2 Å². The summed E-state index contributed by atoms with van der Waals surface area (Å²) in [5.41, 5.74) is 1.04. The molecular weight excluding hydrogens is 552 g/mol. The number of carbonyl (C=O) groups is 3. The Morgan fingerprint density at radius 1 is 1.02 bits per heavy atom. The van der Waals surface area contributed by atoms with Crippen LogP contribution in [0.1, 0.15) is 55.6 Å². The van der Waals surface area contributed by atoms with Crippen LogP contribution in [-0.4, -0.2) is 60.9 Å². The van der Waals surface area contributed by atoms with Crippen LogP contribution in [0.2, 0.25) is 0 Å². The van der Waals surface area contributed by atoms with Crippen LogP contribution in [0.3, 0.4) is 0 Å². The van der Waals surface area contributed by atoms with Crippen molar-refractivity contribution in [2.75, 3.05) is 13.7 Å². The number of methoxy groups -OCH3 is 1. The van der Waals surface area contributed by atoms with Gasteiger partial charge in [-0.05, 0) is 56.7 Å². The minimum atomic E-state index is -0.970. The monoisotopic (exact) mass is 590 g/mol. The van der Waals surface area contributed by atoms with Gasteiger partial charge < -0.3 is 29.0 Å². The lowest BCUT2D eigenvalue weighted by atomic mass is 10.0. The second kappa shape index (κ2) is 15.7. The Morgan fingerprint density at radius 3 is 2.44 bits per heavy atom. The van der Waals surface area contributed by atoms with Crippen LogP contribution in [0, 0.1) is 0 Å². The van der Waals surface area contributed by atoms with Crippen molar-refractivity contribution in [3.63, 3.8) is 0 Å². The quantitative estimate of drug-likeness (QED) is 0.250. The van der Waals surface area contributed by atoms with Crippen LogP contribution in [0.4, 0.5) is 0 Å². The number of para-hydroxylation sites is 1. The van der Waals surface area contributed by atoms with Crippen molar-refractivity contribution in [1.82, 2.24) is 10.3 Å². The average molecular weight is 591 g/mol. The number of nitrogens with one attached hydrogen (secondary N) is 1. The molecule has 2 aromatic carbocycles. The highest BCUT2D eigenvalue weighted by molar-refractivity contribution is 5.98. The van der Waals surface area contributed by atoms with Gasteiger partial charge in [0.2, 0.25) is 5.75 Å². The number of hydrogen-bond donors (Lipinski definition) is 1. The van der Waals surface area contributed by atoms with E-state index in [1.165, 1.54) is 31.9 Å². The Kier molecular flexibility index (Phi) is 11.5. The Balaban J connectivity index is 1.48. The first-order valence-corrected chi connectivity index (χ1v) is 14.5. The summed E-state index contributed by atoms with van der Waals surface area (Å²) in [6, 6.07) is 20.1. The number of hydrogen-bond acceptors (Lipinski definition) is 9. The van der Waals surface area contributed by atoms with E-state index in [1.54, 1.807) is 6.92 Å². The van der Waals surface area contributed by atoms with E-state index >= 15 is 0 Å². The van der Waals surface area contributed by atoms with E-state index in [1.807, 2.05) is 48.5 Å². The molecule has 3 aromatic rings. The highest BCUT2D eigenvalue weighted by Crippen LogP contribution is 2.30. The van der Waals surface area contributed by atoms with Gasteiger partial charge in [0.15, 0.2) is 11.4 Å². The molecule has 1 saturated heterocycles. The van der Waals surface area contributed by atoms with Crippen molar-refractivity contribution in [2.24, 2.45) is 0 Å². The fraction of sp³-hybridized carbons (Fsp3) is 0.394. The van der Waals surface area contributed by atoms with Crippen LogP contribution in [0.25, 0.3) is 0 Å². The molecule has 4 atom stereocenters. The van der Waals surface area contributed by atoms with Crippen LogP contribution in [-0.2, 0) is 25.5 Å². The molecule has 1 aliphatic heterocycles. The summed E-state index contributed by atoms with van der Waals surface area (Å²) in [6.45, 7) is 3.43. The second-order valence-corrected chi connectivity index (χ2v) is 10.3.